The van der Waals surface area contributed by atoms with Gasteiger partial charge in [-0.05, 0) is 47.0 Å². The van der Waals surface area contributed by atoms with E-state index < -0.39 is 23.2 Å². The first-order valence-electron chi connectivity index (χ1n) is 6.95. The molecule has 0 atom stereocenters. The molecule has 1 aliphatic rings. The number of carboxylic acids is 1. The summed E-state index contributed by atoms with van der Waals surface area (Å²) in [6, 6.07) is 3.89. The zero-order chi connectivity index (χ0) is 15.5. The molecule has 0 saturated heterocycles. The minimum absolute atomic E-state index is 0.181. The second-order valence-corrected chi connectivity index (χ2v) is 6.24. The second-order valence-electron chi connectivity index (χ2n) is 5.38. The first-order chi connectivity index (χ1) is 9.94. The van der Waals surface area contributed by atoms with Crippen molar-refractivity contribution in [2.24, 2.45) is 0 Å². The van der Waals surface area contributed by atoms with Gasteiger partial charge in [0.05, 0.1) is 4.47 Å². The summed E-state index contributed by atoms with van der Waals surface area (Å²) in [6.45, 7) is 0. The number of hydrogen-bond donors (Lipinski definition) is 2. The van der Waals surface area contributed by atoms with Gasteiger partial charge in [0.25, 0.3) is 5.91 Å². The third-order valence-electron chi connectivity index (χ3n) is 3.90. The zero-order valence-corrected chi connectivity index (χ0v) is 13.1. The molecule has 0 aliphatic heterocycles. The van der Waals surface area contributed by atoms with Gasteiger partial charge >= 0.3 is 5.97 Å². The maximum atomic E-state index is 13.2. The molecule has 1 aliphatic carbocycles. The highest BCUT2D eigenvalue weighted by atomic mass is 79.9. The number of carbonyl (C=O) groups excluding carboxylic acids is 1. The molecule has 1 aromatic carbocycles. The predicted octanol–water partition coefficient (Wildman–Crippen LogP) is 3.50. The van der Waals surface area contributed by atoms with Crippen LogP contribution < -0.4 is 5.32 Å². The van der Waals surface area contributed by atoms with Gasteiger partial charge < -0.3 is 10.4 Å². The average molecular weight is 358 g/mol. The number of hydrogen-bond acceptors (Lipinski definition) is 2. The van der Waals surface area contributed by atoms with E-state index in [1.165, 1.54) is 18.2 Å². The Balaban J connectivity index is 2.21. The van der Waals surface area contributed by atoms with E-state index in [9.17, 15) is 19.1 Å². The number of carboxylic acid groups (broad SMARTS) is 1. The van der Waals surface area contributed by atoms with E-state index >= 15 is 0 Å². The summed E-state index contributed by atoms with van der Waals surface area (Å²) in [4.78, 5) is 23.9. The Labute approximate surface area is 130 Å². The number of halogens is 2. The lowest BCUT2D eigenvalue weighted by molar-refractivity contribution is -0.145. The molecule has 2 rings (SSSR count). The summed E-state index contributed by atoms with van der Waals surface area (Å²) in [6.07, 6.45) is 4.37. The molecule has 1 saturated carbocycles. The van der Waals surface area contributed by atoms with E-state index in [1.807, 2.05) is 0 Å². The number of aliphatic carboxylic acids is 1. The van der Waals surface area contributed by atoms with Gasteiger partial charge in [-0.25, -0.2) is 9.18 Å². The molecule has 114 valence electrons. The van der Waals surface area contributed by atoms with E-state index in [0.29, 0.717) is 12.8 Å². The SMILES string of the molecule is O=C(NC1(C(=O)O)CCCCCC1)c1ccc(F)c(Br)c1. The topological polar surface area (TPSA) is 66.4 Å². The van der Waals surface area contributed by atoms with Crippen LogP contribution in [0.15, 0.2) is 22.7 Å². The molecule has 0 heterocycles. The molecular weight excluding hydrogens is 341 g/mol. The molecule has 0 spiro atoms. The minimum Gasteiger partial charge on any atom is -0.480 e. The smallest absolute Gasteiger partial charge is 0.329 e. The van der Waals surface area contributed by atoms with Crippen LogP contribution in [0.25, 0.3) is 0 Å². The van der Waals surface area contributed by atoms with Crippen LogP contribution in [0, 0.1) is 5.82 Å². The normalized spacial score (nSPS) is 17.8. The van der Waals surface area contributed by atoms with E-state index in [4.69, 9.17) is 0 Å². The first-order valence-corrected chi connectivity index (χ1v) is 7.75. The molecule has 4 nitrogen and oxygen atoms in total. The molecule has 0 radical (unpaired) electrons. The fraction of sp³-hybridized carbons (Fsp3) is 0.467. The highest BCUT2D eigenvalue weighted by Gasteiger charge is 2.40. The standard InChI is InChI=1S/C15H17BrFNO3/c16-11-9-10(5-6-12(11)17)13(19)18-15(14(20)21)7-3-1-2-4-8-15/h5-6,9H,1-4,7-8H2,(H,18,19)(H,20,21). The van der Waals surface area contributed by atoms with Crippen molar-refractivity contribution >= 4 is 27.8 Å². The Morgan fingerprint density at radius 1 is 1.19 bits per heavy atom. The molecule has 0 bridgehead atoms. The number of rotatable bonds is 3. The summed E-state index contributed by atoms with van der Waals surface area (Å²) in [7, 11) is 0. The van der Waals surface area contributed by atoms with Crippen molar-refractivity contribution in [1.82, 2.24) is 5.32 Å². The Hall–Kier alpha value is -1.43. The molecule has 21 heavy (non-hydrogen) atoms. The average Bonchev–Trinajstić information content (AvgIpc) is 2.68. The van der Waals surface area contributed by atoms with E-state index in [2.05, 4.69) is 21.2 Å². The van der Waals surface area contributed by atoms with Crippen molar-refractivity contribution in [2.45, 2.75) is 44.1 Å². The van der Waals surface area contributed by atoms with Crippen LogP contribution >= 0.6 is 15.9 Å². The zero-order valence-electron chi connectivity index (χ0n) is 11.5. The number of benzene rings is 1. The molecular formula is C15H17BrFNO3. The number of carbonyl (C=O) groups is 2. The molecule has 0 aromatic heterocycles. The van der Waals surface area contributed by atoms with Crippen LogP contribution in [-0.4, -0.2) is 22.5 Å². The molecule has 0 unspecified atom stereocenters. The highest BCUT2D eigenvalue weighted by Crippen LogP contribution is 2.28. The van der Waals surface area contributed by atoms with Gasteiger partial charge in [0.2, 0.25) is 0 Å². The second kappa shape index (κ2) is 6.56. The van der Waals surface area contributed by atoms with Crippen molar-refractivity contribution in [2.75, 3.05) is 0 Å². The maximum absolute atomic E-state index is 13.2. The Morgan fingerprint density at radius 3 is 2.33 bits per heavy atom. The molecule has 1 fully saturated rings. The summed E-state index contributed by atoms with van der Waals surface area (Å²) in [5, 5.41) is 12.2. The number of nitrogens with one attached hydrogen (secondary N) is 1. The van der Waals surface area contributed by atoms with Crippen LogP contribution in [0.5, 0.6) is 0 Å². The minimum atomic E-state index is -1.21. The fourth-order valence-electron chi connectivity index (χ4n) is 2.65. The Bertz CT molecular complexity index is 554. The third-order valence-corrected chi connectivity index (χ3v) is 4.51. The van der Waals surface area contributed by atoms with Crippen LogP contribution in [0.3, 0.4) is 0 Å². The van der Waals surface area contributed by atoms with Gasteiger partial charge in [-0.2, -0.15) is 0 Å². The van der Waals surface area contributed by atoms with Gasteiger partial charge in [0.15, 0.2) is 0 Å². The van der Waals surface area contributed by atoms with Gasteiger partial charge in [-0.1, -0.05) is 25.7 Å². The summed E-state index contributed by atoms with van der Waals surface area (Å²) >= 11 is 3.02. The molecule has 6 heteroatoms. The third kappa shape index (κ3) is 3.61. The largest absolute Gasteiger partial charge is 0.480 e. The van der Waals surface area contributed by atoms with Gasteiger partial charge in [-0.15, -0.1) is 0 Å². The fourth-order valence-corrected chi connectivity index (χ4v) is 3.03. The summed E-state index contributed by atoms with van der Waals surface area (Å²) < 4.78 is 13.4. The van der Waals surface area contributed by atoms with Crippen molar-refractivity contribution < 1.29 is 19.1 Å². The summed E-state index contributed by atoms with van der Waals surface area (Å²) in [5.74, 6) is -1.95. The van der Waals surface area contributed by atoms with Crippen LogP contribution in [0.4, 0.5) is 4.39 Å². The quantitative estimate of drug-likeness (QED) is 0.813. The van der Waals surface area contributed by atoms with Gasteiger partial charge in [-0.3, -0.25) is 4.79 Å². The predicted molar refractivity (Wildman–Crippen MR) is 79.6 cm³/mol. The van der Waals surface area contributed by atoms with Gasteiger partial charge in [0.1, 0.15) is 11.4 Å². The van der Waals surface area contributed by atoms with Crippen molar-refractivity contribution in [3.8, 4) is 0 Å². The van der Waals surface area contributed by atoms with Crippen LogP contribution in [0.2, 0.25) is 0 Å². The lowest BCUT2D eigenvalue weighted by atomic mass is 9.90. The van der Waals surface area contributed by atoms with E-state index in [0.717, 1.165) is 25.7 Å². The van der Waals surface area contributed by atoms with Crippen molar-refractivity contribution in [3.05, 3.63) is 34.1 Å². The maximum Gasteiger partial charge on any atom is 0.329 e. The van der Waals surface area contributed by atoms with Crippen molar-refractivity contribution in [3.63, 3.8) is 0 Å². The molecule has 2 N–H and O–H groups in total. The van der Waals surface area contributed by atoms with Gasteiger partial charge in [0, 0.05) is 5.56 Å². The van der Waals surface area contributed by atoms with Crippen LogP contribution in [-0.2, 0) is 4.79 Å². The molecule has 1 aromatic rings. The highest BCUT2D eigenvalue weighted by molar-refractivity contribution is 9.10. The molecule has 1 amide bonds. The Morgan fingerprint density at radius 2 is 1.81 bits per heavy atom. The van der Waals surface area contributed by atoms with E-state index in [-0.39, 0.29) is 10.0 Å². The lowest BCUT2D eigenvalue weighted by Gasteiger charge is -2.29. The van der Waals surface area contributed by atoms with Crippen LogP contribution in [0.1, 0.15) is 48.9 Å². The first kappa shape index (κ1) is 15.9. The Kier molecular flexibility index (Phi) is 4.98. The lowest BCUT2D eigenvalue weighted by Crippen LogP contribution is -2.54. The van der Waals surface area contributed by atoms with Crippen molar-refractivity contribution in [1.29, 1.82) is 0 Å². The monoisotopic (exact) mass is 357 g/mol. The van der Waals surface area contributed by atoms with E-state index in [1.54, 1.807) is 0 Å². The number of amides is 1. The summed E-state index contributed by atoms with van der Waals surface area (Å²) in [5.41, 5.74) is -0.970.